The second-order valence-electron chi connectivity index (χ2n) is 6.78. The third-order valence-corrected chi connectivity index (χ3v) is 4.74. The van der Waals surface area contributed by atoms with Crippen LogP contribution in [0.4, 0.5) is 4.39 Å². The van der Waals surface area contributed by atoms with Gasteiger partial charge < -0.3 is 10.3 Å². The van der Waals surface area contributed by atoms with Gasteiger partial charge >= 0.3 is 0 Å². The Labute approximate surface area is 161 Å². The second kappa shape index (κ2) is 7.64. The van der Waals surface area contributed by atoms with Crippen LogP contribution in [0.25, 0.3) is 10.9 Å². The van der Waals surface area contributed by atoms with Crippen molar-refractivity contribution < 1.29 is 9.18 Å². The minimum absolute atomic E-state index is 0.0973. The first-order valence-corrected chi connectivity index (χ1v) is 9.02. The molecule has 4 aromatic rings. The van der Waals surface area contributed by atoms with Crippen LogP contribution < -0.4 is 5.32 Å². The summed E-state index contributed by atoms with van der Waals surface area (Å²) in [5, 5.41) is 7.77. The summed E-state index contributed by atoms with van der Waals surface area (Å²) in [5.41, 5.74) is 4.67. The summed E-state index contributed by atoms with van der Waals surface area (Å²) in [6.07, 6.45) is 3.39. The molecule has 1 amide bonds. The van der Waals surface area contributed by atoms with Crippen molar-refractivity contribution in [2.75, 3.05) is 0 Å². The normalized spacial score (nSPS) is 11.1. The molecular formula is C21H20FN5O. The minimum atomic E-state index is -0.306. The molecular weight excluding hydrogens is 357 g/mol. The van der Waals surface area contributed by atoms with Crippen molar-refractivity contribution in [3.8, 4) is 0 Å². The Morgan fingerprint density at radius 2 is 1.96 bits per heavy atom. The lowest BCUT2D eigenvalue weighted by atomic mass is 10.1. The van der Waals surface area contributed by atoms with Crippen LogP contribution in [0.2, 0.25) is 0 Å². The minimum Gasteiger partial charge on any atom is -0.358 e. The number of aryl methyl sites for hydroxylation is 1. The molecule has 142 valence electrons. The van der Waals surface area contributed by atoms with Gasteiger partial charge in [0.25, 0.3) is 0 Å². The molecule has 0 spiro atoms. The molecule has 0 fully saturated rings. The number of halogens is 1. The smallest absolute Gasteiger partial charge is 0.224 e. The summed E-state index contributed by atoms with van der Waals surface area (Å²) in [6, 6.07) is 12.6. The van der Waals surface area contributed by atoms with E-state index in [-0.39, 0.29) is 18.1 Å². The van der Waals surface area contributed by atoms with E-state index in [0.29, 0.717) is 13.1 Å². The van der Waals surface area contributed by atoms with Gasteiger partial charge in [0.2, 0.25) is 5.91 Å². The highest BCUT2D eigenvalue weighted by molar-refractivity contribution is 5.90. The molecule has 28 heavy (non-hydrogen) atoms. The van der Waals surface area contributed by atoms with Crippen LogP contribution in [0.15, 0.2) is 55.1 Å². The molecule has 0 atom stereocenters. The van der Waals surface area contributed by atoms with E-state index in [2.05, 4.69) is 20.4 Å². The van der Waals surface area contributed by atoms with Gasteiger partial charge in [-0.3, -0.25) is 4.79 Å². The summed E-state index contributed by atoms with van der Waals surface area (Å²) in [6.45, 7) is 3.00. The number of benzene rings is 2. The lowest BCUT2D eigenvalue weighted by Crippen LogP contribution is -2.24. The lowest BCUT2D eigenvalue weighted by Gasteiger charge is -2.07. The Morgan fingerprint density at radius 1 is 1.18 bits per heavy atom. The molecule has 0 saturated carbocycles. The van der Waals surface area contributed by atoms with Crippen molar-refractivity contribution in [3.63, 3.8) is 0 Å². The Morgan fingerprint density at radius 3 is 2.71 bits per heavy atom. The summed E-state index contributed by atoms with van der Waals surface area (Å²) in [7, 11) is 0. The van der Waals surface area contributed by atoms with Gasteiger partial charge in [-0.05, 0) is 41.8 Å². The largest absolute Gasteiger partial charge is 0.358 e. The number of carbonyl (C=O) groups is 1. The fourth-order valence-corrected chi connectivity index (χ4v) is 3.27. The zero-order chi connectivity index (χ0) is 19.5. The first kappa shape index (κ1) is 17.9. The maximum absolute atomic E-state index is 13.6. The van der Waals surface area contributed by atoms with Crippen molar-refractivity contribution in [2.45, 2.75) is 26.4 Å². The number of hydrogen-bond acceptors (Lipinski definition) is 3. The Balaban J connectivity index is 1.37. The number of nitrogens with zero attached hydrogens (tertiary/aromatic N) is 3. The Bertz CT molecular complexity index is 1100. The molecule has 2 heterocycles. The van der Waals surface area contributed by atoms with Gasteiger partial charge in [0, 0.05) is 23.1 Å². The summed E-state index contributed by atoms with van der Waals surface area (Å²) in [4.78, 5) is 19.5. The van der Waals surface area contributed by atoms with Gasteiger partial charge in [-0.25, -0.2) is 14.1 Å². The highest BCUT2D eigenvalue weighted by Gasteiger charge is 2.13. The number of rotatable bonds is 6. The van der Waals surface area contributed by atoms with Crippen molar-refractivity contribution in [1.82, 2.24) is 25.1 Å². The van der Waals surface area contributed by atoms with E-state index in [1.165, 1.54) is 18.5 Å². The first-order valence-electron chi connectivity index (χ1n) is 9.02. The fraction of sp³-hybridized carbons (Fsp3) is 0.190. The standard InChI is InChI=1S/C21H20FN5O/c1-14-18(19-8-17(22)6-7-20(19)26-14)9-21(28)24-10-15-2-4-16(5-3-15)11-27-13-23-12-25-27/h2-8,12-13,26H,9-11H2,1H3,(H,24,28). The zero-order valence-corrected chi connectivity index (χ0v) is 15.4. The maximum atomic E-state index is 13.6. The van der Waals surface area contributed by atoms with Crippen LogP contribution in [-0.4, -0.2) is 25.7 Å². The van der Waals surface area contributed by atoms with E-state index >= 15 is 0 Å². The summed E-state index contributed by atoms with van der Waals surface area (Å²) in [5.74, 6) is -0.404. The number of nitrogens with one attached hydrogen (secondary N) is 2. The first-order chi connectivity index (χ1) is 13.6. The van der Waals surface area contributed by atoms with E-state index in [0.717, 1.165) is 33.3 Å². The molecule has 6 nitrogen and oxygen atoms in total. The van der Waals surface area contributed by atoms with Gasteiger partial charge in [-0.1, -0.05) is 24.3 Å². The zero-order valence-electron chi connectivity index (χ0n) is 15.4. The number of hydrogen-bond donors (Lipinski definition) is 2. The molecule has 2 aromatic carbocycles. The monoisotopic (exact) mass is 377 g/mol. The van der Waals surface area contributed by atoms with E-state index < -0.39 is 0 Å². The highest BCUT2D eigenvalue weighted by atomic mass is 19.1. The third-order valence-electron chi connectivity index (χ3n) is 4.74. The average molecular weight is 377 g/mol. The molecule has 0 aliphatic rings. The topological polar surface area (TPSA) is 75.6 Å². The van der Waals surface area contributed by atoms with Crippen LogP contribution in [-0.2, 0) is 24.3 Å². The Kier molecular flexibility index (Phi) is 4.89. The summed E-state index contributed by atoms with van der Waals surface area (Å²) >= 11 is 0. The second-order valence-corrected chi connectivity index (χ2v) is 6.78. The van der Waals surface area contributed by atoms with Crippen molar-refractivity contribution in [1.29, 1.82) is 0 Å². The maximum Gasteiger partial charge on any atom is 0.224 e. The summed E-state index contributed by atoms with van der Waals surface area (Å²) < 4.78 is 15.3. The molecule has 2 aromatic heterocycles. The van der Waals surface area contributed by atoms with Gasteiger partial charge in [0.15, 0.2) is 0 Å². The molecule has 4 rings (SSSR count). The predicted molar refractivity (Wildman–Crippen MR) is 104 cm³/mol. The Hall–Kier alpha value is -3.48. The van der Waals surface area contributed by atoms with Gasteiger partial charge in [0.1, 0.15) is 18.5 Å². The number of amides is 1. The van der Waals surface area contributed by atoms with Crippen LogP contribution in [0.5, 0.6) is 0 Å². The average Bonchev–Trinajstić information content (AvgIpc) is 3.30. The number of aromatic nitrogens is 4. The van der Waals surface area contributed by atoms with Crippen LogP contribution >= 0.6 is 0 Å². The molecule has 0 unspecified atom stereocenters. The van der Waals surface area contributed by atoms with Crippen LogP contribution in [0.3, 0.4) is 0 Å². The van der Waals surface area contributed by atoms with Gasteiger partial charge in [0.05, 0.1) is 13.0 Å². The quantitative estimate of drug-likeness (QED) is 0.542. The van der Waals surface area contributed by atoms with Crippen molar-refractivity contribution in [3.05, 3.63) is 83.3 Å². The predicted octanol–water partition coefficient (Wildman–Crippen LogP) is 3.11. The van der Waals surface area contributed by atoms with E-state index in [9.17, 15) is 9.18 Å². The molecule has 0 bridgehead atoms. The SMILES string of the molecule is Cc1[nH]c2ccc(F)cc2c1CC(=O)NCc1ccc(Cn2cncn2)cc1. The molecule has 7 heteroatoms. The van der Waals surface area contributed by atoms with Crippen LogP contribution in [0, 0.1) is 12.7 Å². The van der Waals surface area contributed by atoms with Crippen LogP contribution in [0.1, 0.15) is 22.4 Å². The molecule has 0 radical (unpaired) electrons. The number of H-pyrrole nitrogens is 1. The van der Waals surface area contributed by atoms with Gasteiger partial charge in [-0.15, -0.1) is 0 Å². The molecule has 0 aliphatic carbocycles. The number of fused-ring (bicyclic) bond motifs is 1. The number of carbonyl (C=O) groups excluding carboxylic acids is 1. The van der Waals surface area contributed by atoms with E-state index in [1.807, 2.05) is 31.2 Å². The highest BCUT2D eigenvalue weighted by Crippen LogP contribution is 2.23. The van der Waals surface area contributed by atoms with Crippen molar-refractivity contribution in [2.24, 2.45) is 0 Å². The third kappa shape index (κ3) is 3.93. The van der Waals surface area contributed by atoms with Gasteiger partial charge in [-0.2, -0.15) is 5.10 Å². The molecule has 0 saturated heterocycles. The number of aromatic amines is 1. The molecule has 0 aliphatic heterocycles. The van der Waals surface area contributed by atoms with E-state index in [4.69, 9.17) is 0 Å². The fourth-order valence-electron chi connectivity index (χ4n) is 3.27. The van der Waals surface area contributed by atoms with Crippen molar-refractivity contribution >= 4 is 16.8 Å². The molecule has 2 N–H and O–H groups in total. The lowest BCUT2D eigenvalue weighted by molar-refractivity contribution is -0.120. The van der Waals surface area contributed by atoms with E-state index in [1.54, 1.807) is 17.1 Å².